The zero-order valence-electron chi connectivity index (χ0n) is 27.2. The van der Waals surface area contributed by atoms with Gasteiger partial charge in [0.25, 0.3) is 11.8 Å². The van der Waals surface area contributed by atoms with Gasteiger partial charge in [0.15, 0.2) is 17.4 Å². The Morgan fingerprint density at radius 3 is 1.95 bits per heavy atom. The molecule has 9 nitrogen and oxygen atoms in total. The molecule has 0 bridgehead atoms. The fraction of sp³-hybridized carbons (Fsp3) is 0.676. The minimum atomic E-state index is -1.76. The van der Waals surface area contributed by atoms with E-state index in [9.17, 15) is 24.0 Å². The normalized spacial score (nSPS) is 14.9. The number of hydrogen-bond donors (Lipinski definition) is 1. The van der Waals surface area contributed by atoms with Gasteiger partial charge in [-0.1, -0.05) is 102 Å². The number of anilines is 1. The molecule has 1 unspecified atom stereocenters. The van der Waals surface area contributed by atoms with Crippen LogP contribution in [0.2, 0.25) is 5.02 Å². The van der Waals surface area contributed by atoms with Gasteiger partial charge in [0, 0.05) is 0 Å². The Hall–Kier alpha value is -2.94. The first kappa shape index (κ1) is 37.2. The molecule has 1 aromatic carbocycles. The van der Waals surface area contributed by atoms with Gasteiger partial charge in [-0.25, -0.2) is 14.5 Å². The van der Waals surface area contributed by atoms with E-state index in [1.165, 1.54) is 96.3 Å². The lowest BCUT2D eigenvalue weighted by Gasteiger charge is -2.22. The number of carbonyl (C=O) groups excluding carboxylic acids is 5. The highest BCUT2D eigenvalue weighted by Gasteiger charge is 2.53. The second-order valence-electron chi connectivity index (χ2n) is 12.3. The Balaban J connectivity index is 2.05. The van der Waals surface area contributed by atoms with Gasteiger partial charge in [0.2, 0.25) is 0 Å². The lowest BCUT2D eigenvalue weighted by atomic mass is 9.94. The van der Waals surface area contributed by atoms with Crippen molar-refractivity contribution in [3.63, 3.8) is 0 Å². The van der Waals surface area contributed by atoms with Crippen LogP contribution in [0, 0.1) is 5.92 Å². The highest BCUT2D eigenvalue weighted by molar-refractivity contribution is 6.34. The maximum Gasteiger partial charge on any atom is 0.418 e. The number of benzene rings is 1. The Bertz CT molecular complexity index is 1120. The Labute approximate surface area is 267 Å². The Morgan fingerprint density at radius 1 is 0.909 bits per heavy atom. The van der Waals surface area contributed by atoms with Crippen LogP contribution in [0.3, 0.4) is 0 Å². The monoisotopic (exact) mass is 634 g/mol. The smallest absolute Gasteiger partial charge is 0.418 e. The molecule has 1 aromatic rings. The molecule has 1 heterocycles. The van der Waals surface area contributed by atoms with Gasteiger partial charge in [-0.2, -0.15) is 0 Å². The number of rotatable bonds is 21. The van der Waals surface area contributed by atoms with Gasteiger partial charge in [-0.3, -0.25) is 14.4 Å². The number of halogens is 1. The molecule has 0 aliphatic carbocycles. The second-order valence-corrected chi connectivity index (χ2v) is 12.7. The molecule has 246 valence electrons. The van der Waals surface area contributed by atoms with Crippen LogP contribution in [0.15, 0.2) is 18.2 Å². The minimum Gasteiger partial charge on any atom is -0.462 e. The number of hydrogen-bond acceptors (Lipinski definition) is 7. The molecule has 10 heteroatoms. The summed E-state index contributed by atoms with van der Waals surface area (Å²) in [5.74, 6) is -2.76. The third-order valence-electron chi connectivity index (χ3n) is 8.01. The van der Waals surface area contributed by atoms with E-state index in [1.54, 1.807) is 0 Å². The van der Waals surface area contributed by atoms with Crippen LogP contribution in [-0.4, -0.2) is 52.8 Å². The van der Waals surface area contributed by atoms with Crippen molar-refractivity contribution in [3.05, 3.63) is 28.8 Å². The van der Waals surface area contributed by atoms with Gasteiger partial charge in [0.1, 0.15) is 0 Å². The molecule has 3 amide bonds. The van der Waals surface area contributed by atoms with Crippen molar-refractivity contribution in [2.45, 2.75) is 136 Å². The summed E-state index contributed by atoms with van der Waals surface area (Å²) < 4.78 is 10.8. The molecule has 0 spiro atoms. The van der Waals surface area contributed by atoms with Crippen molar-refractivity contribution in [1.82, 2.24) is 4.90 Å². The van der Waals surface area contributed by atoms with E-state index in [0.29, 0.717) is 11.5 Å². The van der Waals surface area contributed by atoms with Crippen molar-refractivity contribution in [2.75, 3.05) is 11.9 Å². The number of carbonyl (C=O) groups is 5. The van der Waals surface area contributed by atoms with Crippen LogP contribution in [-0.2, 0) is 23.9 Å². The molecule has 1 atom stereocenters. The number of amides is 3. The highest BCUT2D eigenvalue weighted by atomic mass is 35.5. The molecule has 1 fully saturated rings. The molecule has 1 aliphatic rings. The fourth-order valence-electron chi connectivity index (χ4n) is 5.35. The number of nitrogens with zero attached hydrogens (tertiary/aromatic N) is 1. The molecule has 0 aromatic heterocycles. The number of ether oxygens (including phenoxy) is 2. The van der Waals surface area contributed by atoms with Crippen LogP contribution in [0.25, 0.3) is 0 Å². The van der Waals surface area contributed by atoms with Crippen molar-refractivity contribution in [2.24, 2.45) is 5.92 Å². The lowest BCUT2D eigenvalue weighted by molar-refractivity contribution is -0.142. The van der Waals surface area contributed by atoms with E-state index in [2.05, 4.69) is 19.2 Å². The summed E-state index contributed by atoms with van der Waals surface area (Å²) in [6, 6.07) is 2.56. The van der Waals surface area contributed by atoms with Crippen LogP contribution in [0.5, 0.6) is 0 Å². The average molecular weight is 635 g/mol. The van der Waals surface area contributed by atoms with Crippen molar-refractivity contribution < 1.29 is 33.4 Å². The van der Waals surface area contributed by atoms with Crippen LogP contribution < -0.4 is 5.32 Å². The second kappa shape index (κ2) is 18.8. The van der Waals surface area contributed by atoms with Crippen molar-refractivity contribution in [3.8, 4) is 0 Å². The number of imide groups is 1. The number of Topliss-reactive ketones (excluding diaryl/α,β-unsaturated/α-hetero) is 1. The average Bonchev–Trinajstić information content (AvgIpc) is 3.17. The molecule has 0 saturated carbocycles. The number of esters is 1. The fourth-order valence-corrected chi connectivity index (χ4v) is 5.52. The van der Waals surface area contributed by atoms with Gasteiger partial charge < -0.3 is 14.8 Å². The van der Waals surface area contributed by atoms with Crippen LogP contribution in [0.4, 0.5) is 10.5 Å². The first-order valence-corrected chi connectivity index (χ1v) is 16.6. The Kier molecular flexibility index (Phi) is 15.9. The lowest BCUT2D eigenvalue weighted by Crippen LogP contribution is -2.52. The number of ketones is 1. The van der Waals surface area contributed by atoms with E-state index in [-0.39, 0.29) is 22.2 Å². The molecule has 0 radical (unpaired) electrons. The summed E-state index contributed by atoms with van der Waals surface area (Å²) in [6.07, 6.45) is 15.4. The quantitative estimate of drug-likeness (QED) is 0.0821. The summed E-state index contributed by atoms with van der Waals surface area (Å²) in [5.41, 5.74) is -1.28. The van der Waals surface area contributed by atoms with Gasteiger partial charge in [-0.05, 0) is 57.7 Å². The van der Waals surface area contributed by atoms with Crippen molar-refractivity contribution in [1.29, 1.82) is 0 Å². The molecule has 2 rings (SSSR count). The van der Waals surface area contributed by atoms with Gasteiger partial charge in [-0.15, -0.1) is 0 Å². The summed E-state index contributed by atoms with van der Waals surface area (Å²) >= 11 is 6.30. The predicted molar refractivity (Wildman–Crippen MR) is 172 cm³/mol. The molecule has 44 heavy (non-hydrogen) atoms. The zero-order valence-corrected chi connectivity index (χ0v) is 27.9. The van der Waals surface area contributed by atoms with Gasteiger partial charge in [0.05, 0.1) is 22.9 Å². The first-order valence-electron chi connectivity index (χ1n) is 16.3. The van der Waals surface area contributed by atoms with E-state index < -0.39 is 41.3 Å². The maximum atomic E-state index is 13.1. The molecular weight excluding hydrogens is 584 g/mol. The number of unbranched alkanes of at least 4 members (excludes halogenated alkanes) is 10. The standard InChI is InChI=1S/C34H51ClN2O7/c1-6-8-10-12-14-16-18-25(19-17-15-13-11-9-7-2)23-43-31(40)26-20-21-27(35)28(22-26)36-30(39)29(24(3)38)37-32(41)34(4,5)44-33(37)42/h20-22,25,29H,6-19,23H2,1-5H3,(H,36,39). The summed E-state index contributed by atoms with van der Waals surface area (Å²) in [5, 5.41) is 2.60. The molecule has 1 aliphatic heterocycles. The highest BCUT2D eigenvalue weighted by Crippen LogP contribution is 2.28. The summed E-state index contributed by atoms with van der Waals surface area (Å²) in [4.78, 5) is 64.1. The summed E-state index contributed by atoms with van der Waals surface area (Å²) in [6.45, 7) is 8.58. The van der Waals surface area contributed by atoms with Crippen molar-refractivity contribution >= 4 is 46.9 Å². The van der Waals surface area contributed by atoms with E-state index in [1.807, 2.05) is 0 Å². The SMILES string of the molecule is CCCCCCCCC(CCCCCCCC)COC(=O)c1ccc(Cl)c(NC(=O)C(C(C)=O)N2C(=O)OC(C)(C)C2=O)c1. The predicted octanol–water partition coefficient (Wildman–Crippen LogP) is 8.27. The Morgan fingerprint density at radius 2 is 1.45 bits per heavy atom. The maximum absolute atomic E-state index is 13.1. The third-order valence-corrected chi connectivity index (χ3v) is 8.34. The zero-order chi connectivity index (χ0) is 32.7. The molecule has 1 saturated heterocycles. The first-order chi connectivity index (χ1) is 20.9. The number of nitrogens with one attached hydrogen (secondary N) is 1. The minimum absolute atomic E-state index is 0.0485. The largest absolute Gasteiger partial charge is 0.462 e. The topological polar surface area (TPSA) is 119 Å². The molecular formula is C34H51ClN2O7. The van der Waals surface area contributed by atoms with Crippen LogP contribution >= 0.6 is 11.6 Å². The van der Waals surface area contributed by atoms with E-state index >= 15 is 0 Å². The van der Waals surface area contributed by atoms with Gasteiger partial charge >= 0.3 is 12.1 Å². The number of cyclic esters (lactones) is 1. The van der Waals surface area contributed by atoms with Crippen LogP contribution in [0.1, 0.15) is 135 Å². The summed E-state index contributed by atoms with van der Waals surface area (Å²) in [7, 11) is 0. The van der Waals surface area contributed by atoms with E-state index in [0.717, 1.165) is 32.6 Å². The third kappa shape index (κ3) is 11.5. The van der Waals surface area contributed by atoms with E-state index in [4.69, 9.17) is 21.1 Å². The molecule has 1 N–H and O–H groups in total.